The van der Waals surface area contributed by atoms with Crippen molar-refractivity contribution in [2.75, 3.05) is 0 Å². The number of fused-ring (bicyclic) bond motifs is 9. The van der Waals surface area contributed by atoms with Crippen LogP contribution in [0, 0.1) is 87.3 Å². The Balaban J connectivity index is 1.17. The predicted octanol–water partition coefficient (Wildman–Crippen LogP) is 17.4. The summed E-state index contributed by atoms with van der Waals surface area (Å²) in [4.78, 5) is 23.8. The van der Waals surface area contributed by atoms with E-state index < -0.39 is 154 Å². The van der Waals surface area contributed by atoms with E-state index in [9.17, 15) is 13.2 Å². The van der Waals surface area contributed by atoms with Gasteiger partial charge in [0.15, 0.2) is 69.8 Å². The SMILES string of the molecule is CC1(c2ccccc2)C2=NC(=C(c3c(F)c(F)c(F)c(F)c3F)c3ccc([nH]3)C(C)(c3ccccc3)C3=NC(=C(c4c(F)c(F)c(F)c(F)c4F)c4ccc([nH]4)C(C)(c4ccccc4)c4ccc([nH]4)C(c4c(F)c(F)c(F)c(F)c4F)=C4C=CC1=N4)C=C3)C=C2. The molecule has 0 radical (unpaired) electrons. The number of nitrogens with zero attached hydrogens (tertiary/aromatic N) is 3. The second-order valence-electron chi connectivity index (χ2n) is 21.9. The summed E-state index contributed by atoms with van der Waals surface area (Å²) >= 11 is 0. The molecule has 4 aliphatic heterocycles. The Morgan fingerprint density at radius 1 is 0.256 bits per heavy atom. The number of benzene rings is 6. The van der Waals surface area contributed by atoms with Crippen LogP contribution < -0.4 is 0 Å². The Morgan fingerprint density at radius 3 is 0.778 bits per heavy atom. The van der Waals surface area contributed by atoms with Crippen molar-refractivity contribution < 1.29 is 65.9 Å². The molecule has 0 spiro atoms. The van der Waals surface area contributed by atoms with Gasteiger partial charge in [-0.15, -0.1) is 0 Å². The van der Waals surface area contributed by atoms with Gasteiger partial charge in [-0.3, -0.25) is 15.0 Å². The van der Waals surface area contributed by atoms with Crippen molar-refractivity contribution in [3.63, 3.8) is 0 Å². The fourth-order valence-corrected chi connectivity index (χ4v) is 12.2. The zero-order valence-corrected chi connectivity index (χ0v) is 46.6. The van der Waals surface area contributed by atoms with Gasteiger partial charge in [0.1, 0.15) is 0 Å². The van der Waals surface area contributed by atoms with Crippen molar-refractivity contribution in [1.29, 1.82) is 0 Å². The maximum absolute atomic E-state index is 16.6. The number of hydrogen-bond acceptors (Lipinski definition) is 3. The fraction of sp³-hybridized carbons (Fsp3) is 0.0870. The molecular weight excluding hydrogens is 1200 g/mol. The number of H-pyrrole nitrogens is 3. The van der Waals surface area contributed by atoms with Gasteiger partial charge < -0.3 is 15.0 Å². The molecule has 450 valence electrons. The molecule has 0 saturated heterocycles. The summed E-state index contributed by atoms with van der Waals surface area (Å²) in [6.45, 7) is 4.81. The van der Waals surface area contributed by atoms with E-state index in [1.807, 2.05) is 0 Å². The van der Waals surface area contributed by atoms with Crippen molar-refractivity contribution in [3.05, 3.63) is 336 Å². The van der Waals surface area contributed by atoms with E-state index in [0.717, 1.165) is 0 Å². The summed E-state index contributed by atoms with van der Waals surface area (Å²) in [6.07, 6.45) is 7.77. The number of nitrogens with one attached hydrogen (secondary N) is 3. The van der Waals surface area contributed by atoms with Crippen molar-refractivity contribution >= 4 is 33.9 Å². The molecule has 13 rings (SSSR count). The summed E-state index contributed by atoms with van der Waals surface area (Å²) in [5.74, 6) is -34.9. The maximum Gasteiger partial charge on any atom is 0.200 e. The molecule has 4 aliphatic rings. The van der Waals surface area contributed by atoms with E-state index in [1.165, 1.54) is 72.9 Å². The van der Waals surface area contributed by atoms with E-state index in [0.29, 0.717) is 16.7 Å². The van der Waals surface area contributed by atoms with E-state index in [1.54, 1.807) is 112 Å². The van der Waals surface area contributed by atoms with Gasteiger partial charge in [-0.2, -0.15) is 0 Å². The normalized spacial score (nSPS) is 19.7. The second-order valence-corrected chi connectivity index (χ2v) is 21.9. The quantitative estimate of drug-likeness (QED) is 0.0842. The number of allylic oxidation sites excluding steroid dienone is 6. The summed E-state index contributed by atoms with van der Waals surface area (Å²) < 4.78 is 238. The van der Waals surface area contributed by atoms with Gasteiger partial charge in [-0.1, -0.05) is 91.0 Å². The molecule has 9 aromatic rings. The third-order valence-corrected chi connectivity index (χ3v) is 17.1. The molecule has 0 fully saturated rings. The van der Waals surface area contributed by atoms with Crippen molar-refractivity contribution in [2.24, 2.45) is 15.0 Å². The molecule has 6 aromatic carbocycles. The highest BCUT2D eigenvalue weighted by Crippen LogP contribution is 2.47. The predicted molar refractivity (Wildman–Crippen MR) is 308 cm³/mol. The standard InChI is InChI=1S/C69H39F15N6/c1-67(31-13-7-4-8-14-31)40-25-19-34(85-40)46(49-52(70)58(76)64(82)59(77)53(49)71)36-21-27-42(87-36)68(2,32-15-9-5-10-16-32)44-29-23-38(89-44)48(51-56(74)62(80)66(84)63(81)57(51)75)39-24-30-45(90-39)69(3,33-17-11-6-12-18-33)43-28-22-37(88-43)47(35-20-26-41(67)86-35)50-54(72)60(78)65(83)61(79)55(50)73/h4-30,85-86,89H,1-3H3. The number of hydrogen-bond donors (Lipinski definition) is 3. The number of aromatic nitrogens is 3. The van der Waals surface area contributed by atoms with Gasteiger partial charge in [0.2, 0.25) is 17.5 Å². The number of rotatable bonds is 6. The van der Waals surface area contributed by atoms with Gasteiger partial charge in [0, 0.05) is 50.9 Å². The first-order valence-electron chi connectivity index (χ1n) is 27.4. The van der Waals surface area contributed by atoms with Crippen LogP contribution in [0.1, 0.15) is 88.3 Å². The number of aromatic amines is 3. The van der Waals surface area contributed by atoms with Crippen LogP contribution in [0.25, 0.3) is 16.7 Å². The van der Waals surface area contributed by atoms with E-state index >= 15 is 52.7 Å². The topological polar surface area (TPSA) is 84.5 Å². The lowest BCUT2D eigenvalue weighted by atomic mass is 9.74. The van der Waals surface area contributed by atoms with Crippen molar-refractivity contribution in [3.8, 4) is 0 Å². The van der Waals surface area contributed by atoms with Crippen LogP contribution in [-0.4, -0.2) is 32.1 Å². The van der Waals surface area contributed by atoms with Crippen LogP contribution in [0.15, 0.2) is 196 Å². The lowest BCUT2D eigenvalue weighted by molar-refractivity contribution is 0.376. The molecule has 3 atom stereocenters. The highest BCUT2D eigenvalue weighted by atomic mass is 19.2. The Kier molecular flexibility index (Phi) is 13.9. The van der Waals surface area contributed by atoms with Crippen molar-refractivity contribution in [1.82, 2.24) is 15.0 Å². The van der Waals surface area contributed by atoms with Gasteiger partial charge in [-0.05, 0) is 110 Å². The van der Waals surface area contributed by atoms with Gasteiger partial charge >= 0.3 is 0 Å². The second kappa shape index (κ2) is 21.4. The summed E-state index contributed by atoms with van der Waals surface area (Å²) in [7, 11) is 0. The first-order chi connectivity index (χ1) is 43.0. The molecule has 3 N–H and O–H groups in total. The lowest BCUT2D eigenvalue weighted by Crippen LogP contribution is -2.38. The molecule has 3 aromatic heterocycles. The Labute approximate surface area is 500 Å². The zero-order valence-electron chi connectivity index (χ0n) is 46.6. The molecule has 7 heterocycles. The van der Waals surface area contributed by atoms with E-state index in [2.05, 4.69) is 15.0 Å². The van der Waals surface area contributed by atoms with Crippen molar-refractivity contribution in [2.45, 2.75) is 37.0 Å². The molecule has 12 bridgehead atoms. The zero-order chi connectivity index (χ0) is 63.6. The molecule has 6 nitrogen and oxygen atoms in total. The number of halogens is 15. The Morgan fingerprint density at radius 2 is 0.489 bits per heavy atom. The molecule has 0 amide bonds. The largest absolute Gasteiger partial charge is 0.357 e. The van der Waals surface area contributed by atoms with E-state index in [-0.39, 0.29) is 51.3 Å². The maximum atomic E-state index is 16.6. The van der Waals surface area contributed by atoms with Gasteiger partial charge in [0.25, 0.3) is 0 Å². The Bertz CT molecular complexity index is 4780. The molecule has 3 unspecified atom stereocenters. The molecule has 90 heavy (non-hydrogen) atoms. The lowest BCUT2D eigenvalue weighted by Gasteiger charge is -2.30. The minimum atomic E-state index is -2.48. The average Bonchev–Trinajstić information content (AvgIpc) is 1.55. The highest BCUT2D eigenvalue weighted by Gasteiger charge is 2.44. The van der Waals surface area contributed by atoms with Gasteiger partial charge in [0.05, 0.1) is 67.2 Å². The first kappa shape index (κ1) is 58.6. The van der Waals surface area contributed by atoms with Crippen LogP contribution >= 0.6 is 0 Å². The van der Waals surface area contributed by atoms with E-state index in [4.69, 9.17) is 15.0 Å². The van der Waals surface area contributed by atoms with Crippen LogP contribution in [0.2, 0.25) is 0 Å². The monoisotopic (exact) mass is 1240 g/mol. The summed E-state index contributed by atoms with van der Waals surface area (Å²) in [6, 6.07) is 32.7. The Hall–Kier alpha value is -10.4. The summed E-state index contributed by atoms with van der Waals surface area (Å²) in [5, 5.41) is 0. The minimum absolute atomic E-state index is 0.000270. The molecule has 21 heteroatoms. The molecule has 0 aliphatic carbocycles. The van der Waals surface area contributed by atoms with Gasteiger partial charge in [-0.25, -0.2) is 65.9 Å². The average molecular weight is 1240 g/mol. The van der Waals surface area contributed by atoms with Crippen LogP contribution in [0.4, 0.5) is 65.9 Å². The van der Waals surface area contributed by atoms with Crippen LogP contribution in [0.5, 0.6) is 0 Å². The molecule has 0 saturated carbocycles. The third kappa shape index (κ3) is 8.63. The van der Waals surface area contributed by atoms with Crippen LogP contribution in [-0.2, 0) is 16.2 Å². The number of aliphatic imine (C=N–C) groups is 3. The molecular formula is C69H39F15N6. The fourth-order valence-electron chi connectivity index (χ4n) is 12.2. The summed E-state index contributed by atoms with van der Waals surface area (Å²) in [5.41, 5.74) is -12.0. The first-order valence-corrected chi connectivity index (χ1v) is 27.4. The third-order valence-electron chi connectivity index (χ3n) is 17.1. The van der Waals surface area contributed by atoms with Crippen LogP contribution in [0.3, 0.4) is 0 Å². The highest BCUT2D eigenvalue weighted by molar-refractivity contribution is 6.26. The smallest absolute Gasteiger partial charge is 0.200 e. The minimum Gasteiger partial charge on any atom is -0.357 e.